The van der Waals surface area contributed by atoms with Gasteiger partial charge in [0.25, 0.3) is 5.89 Å². The van der Waals surface area contributed by atoms with Crippen molar-refractivity contribution >= 4 is 15.9 Å². The summed E-state index contributed by atoms with van der Waals surface area (Å²) in [7, 11) is 1.59. The Hall–Kier alpha value is -2.41. The third-order valence-corrected chi connectivity index (χ3v) is 3.70. The summed E-state index contributed by atoms with van der Waals surface area (Å²) in [4.78, 5) is 8.45. The second-order valence-corrected chi connectivity index (χ2v) is 5.44. The van der Waals surface area contributed by atoms with Crippen LogP contribution in [-0.2, 0) is 0 Å². The van der Waals surface area contributed by atoms with Crippen LogP contribution in [0.15, 0.2) is 45.7 Å². The van der Waals surface area contributed by atoms with Gasteiger partial charge in [-0.25, -0.2) is 0 Å². The first-order chi connectivity index (χ1) is 11.2. The molecule has 118 valence electrons. The lowest BCUT2D eigenvalue weighted by Crippen LogP contribution is -1.97. The number of methoxy groups -OCH3 is 1. The van der Waals surface area contributed by atoms with Gasteiger partial charge in [-0.3, -0.25) is 4.98 Å². The fourth-order valence-corrected chi connectivity index (χ4v) is 2.64. The Bertz CT molecular complexity index is 806. The highest BCUT2D eigenvalue weighted by molar-refractivity contribution is 9.10. The third kappa shape index (κ3) is 3.19. The second kappa shape index (κ2) is 6.78. The molecule has 2 aromatic heterocycles. The Balaban J connectivity index is 1.99. The fraction of sp³-hybridized carbons (Fsp3) is 0.188. The summed E-state index contributed by atoms with van der Waals surface area (Å²) in [6, 6.07) is 7.35. The monoisotopic (exact) mass is 375 g/mol. The predicted molar refractivity (Wildman–Crippen MR) is 88.4 cm³/mol. The van der Waals surface area contributed by atoms with Gasteiger partial charge in [0, 0.05) is 18.0 Å². The zero-order valence-corrected chi connectivity index (χ0v) is 14.2. The lowest BCUT2D eigenvalue weighted by molar-refractivity contribution is 0.309. The molecule has 0 amide bonds. The molecule has 7 heteroatoms. The zero-order chi connectivity index (χ0) is 16.2. The summed E-state index contributed by atoms with van der Waals surface area (Å²) in [5.74, 6) is 2.13. The molecule has 0 fully saturated rings. The molecule has 2 heterocycles. The van der Waals surface area contributed by atoms with Crippen molar-refractivity contribution in [3.63, 3.8) is 0 Å². The maximum atomic E-state index is 5.58. The lowest BCUT2D eigenvalue weighted by atomic mass is 10.2. The van der Waals surface area contributed by atoms with E-state index in [0.29, 0.717) is 29.8 Å². The molecular formula is C16H14BrN3O3. The Kier molecular flexibility index (Phi) is 4.57. The molecule has 0 N–H and O–H groups in total. The van der Waals surface area contributed by atoms with Crippen molar-refractivity contribution in [2.45, 2.75) is 6.92 Å². The van der Waals surface area contributed by atoms with Crippen LogP contribution in [-0.4, -0.2) is 28.8 Å². The summed E-state index contributed by atoms with van der Waals surface area (Å²) < 4.78 is 17.0. The highest BCUT2D eigenvalue weighted by atomic mass is 79.9. The second-order valence-electron chi connectivity index (χ2n) is 4.59. The molecule has 3 rings (SSSR count). The molecule has 0 radical (unpaired) electrons. The standard InChI is InChI=1S/C16H14BrN3O3/c1-3-22-14-12(17)7-11(8-13(14)21-2)15-19-16(23-20-15)10-5-4-6-18-9-10/h4-9H,3H2,1-2H3. The minimum Gasteiger partial charge on any atom is -0.493 e. The van der Waals surface area contributed by atoms with E-state index in [1.807, 2.05) is 31.2 Å². The van der Waals surface area contributed by atoms with Gasteiger partial charge in [0.1, 0.15) is 0 Å². The largest absolute Gasteiger partial charge is 0.493 e. The van der Waals surface area contributed by atoms with Crippen LogP contribution in [0.4, 0.5) is 0 Å². The Morgan fingerprint density at radius 2 is 2.13 bits per heavy atom. The fourth-order valence-electron chi connectivity index (χ4n) is 2.08. The maximum absolute atomic E-state index is 5.58. The molecule has 0 saturated heterocycles. The molecule has 3 aromatic rings. The maximum Gasteiger partial charge on any atom is 0.259 e. The van der Waals surface area contributed by atoms with E-state index in [2.05, 4.69) is 31.1 Å². The van der Waals surface area contributed by atoms with Crippen LogP contribution < -0.4 is 9.47 Å². The Labute approximate surface area is 141 Å². The van der Waals surface area contributed by atoms with Crippen LogP contribution in [0.2, 0.25) is 0 Å². The van der Waals surface area contributed by atoms with Gasteiger partial charge in [0.2, 0.25) is 5.82 Å². The van der Waals surface area contributed by atoms with Crippen molar-refractivity contribution in [3.8, 4) is 34.3 Å². The molecule has 1 aromatic carbocycles. The van der Waals surface area contributed by atoms with Crippen molar-refractivity contribution in [1.29, 1.82) is 0 Å². The van der Waals surface area contributed by atoms with Gasteiger partial charge in [0.15, 0.2) is 11.5 Å². The first-order valence-corrected chi connectivity index (χ1v) is 7.77. The number of hydrogen-bond donors (Lipinski definition) is 0. The molecule has 0 unspecified atom stereocenters. The van der Waals surface area contributed by atoms with Gasteiger partial charge in [-0.05, 0) is 47.1 Å². The van der Waals surface area contributed by atoms with E-state index >= 15 is 0 Å². The Morgan fingerprint density at radius 1 is 1.26 bits per heavy atom. The van der Waals surface area contributed by atoms with E-state index < -0.39 is 0 Å². The van der Waals surface area contributed by atoms with E-state index in [-0.39, 0.29) is 0 Å². The first kappa shape index (κ1) is 15.5. The van der Waals surface area contributed by atoms with E-state index in [1.54, 1.807) is 19.5 Å². The summed E-state index contributed by atoms with van der Waals surface area (Å²) in [5.41, 5.74) is 1.53. The smallest absolute Gasteiger partial charge is 0.259 e. The van der Waals surface area contributed by atoms with Crippen LogP contribution in [0.25, 0.3) is 22.8 Å². The number of nitrogens with zero attached hydrogens (tertiary/aromatic N) is 3. The molecule has 0 bridgehead atoms. The molecule has 23 heavy (non-hydrogen) atoms. The first-order valence-electron chi connectivity index (χ1n) is 6.97. The van der Waals surface area contributed by atoms with Crippen molar-refractivity contribution in [2.24, 2.45) is 0 Å². The predicted octanol–water partition coefficient (Wildman–Crippen LogP) is 3.97. The number of rotatable bonds is 5. The van der Waals surface area contributed by atoms with Crippen molar-refractivity contribution in [1.82, 2.24) is 15.1 Å². The van der Waals surface area contributed by atoms with Gasteiger partial charge in [0.05, 0.1) is 23.8 Å². The van der Waals surface area contributed by atoms with Crippen LogP contribution in [0, 0.1) is 0 Å². The van der Waals surface area contributed by atoms with Crippen molar-refractivity contribution < 1.29 is 14.0 Å². The van der Waals surface area contributed by atoms with Gasteiger partial charge in [-0.1, -0.05) is 5.16 Å². The molecule has 0 aliphatic carbocycles. The minimum atomic E-state index is 0.414. The minimum absolute atomic E-state index is 0.414. The highest BCUT2D eigenvalue weighted by Crippen LogP contribution is 2.39. The van der Waals surface area contributed by atoms with E-state index in [1.165, 1.54) is 0 Å². The average molecular weight is 376 g/mol. The van der Waals surface area contributed by atoms with Gasteiger partial charge in [-0.15, -0.1) is 0 Å². The molecule has 0 spiro atoms. The number of pyridine rings is 1. The van der Waals surface area contributed by atoms with Gasteiger partial charge >= 0.3 is 0 Å². The van der Waals surface area contributed by atoms with Crippen LogP contribution in [0.5, 0.6) is 11.5 Å². The third-order valence-electron chi connectivity index (χ3n) is 3.11. The summed E-state index contributed by atoms with van der Waals surface area (Å²) in [6.07, 6.45) is 3.36. The summed E-state index contributed by atoms with van der Waals surface area (Å²) >= 11 is 3.49. The number of aromatic nitrogens is 3. The molecule has 0 aliphatic rings. The average Bonchev–Trinajstić information content (AvgIpc) is 3.07. The van der Waals surface area contributed by atoms with Crippen molar-refractivity contribution in [3.05, 3.63) is 41.1 Å². The SMILES string of the molecule is CCOc1c(Br)cc(-c2noc(-c3cccnc3)n2)cc1OC. The van der Waals surface area contributed by atoms with Crippen molar-refractivity contribution in [2.75, 3.05) is 13.7 Å². The quantitative estimate of drug-likeness (QED) is 0.671. The number of benzene rings is 1. The summed E-state index contributed by atoms with van der Waals surface area (Å²) in [5, 5.41) is 4.02. The summed E-state index contributed by atoms with van der Waals surface area (Å²) in [6.45, 7) is 2.46. The van der Waals surface area contributed by atoms with Gasteiger partial charge < -0.3 is 14.0 Å². The Morgan fingerprint density at radius 3 is 2.83 bits per heavy atom. The molecule has 6 nitrogen and oxygen atoms in total. The normalized spacial score (nSPS) is 10.6. The number of ether oxygens (including phenoxy) is 2. The molecule has 0 aliphatic heterocycles. The van der Waals surface area contributed by atoms with E-state index in [9.17, 15) is 0 Å². The molecule has 0 atom stereocenters. The number of halogens is 1. The van der Waals surface area contributed by atoms with Crippen LogP contribution in [0.3, 0.4) is 0 Å². The topological polar surface area (TPSA) is 70.3 Å². The number of hydrogen-bond acceptors (Lipinski definition) is 6. The van der Waals surface area contributed by atoms with Crippen LogP contribution in [0.1, 0.15) is 6.92 Å². The zero-order valence-electron chi connectivity index (χ0n) is 12.6. The van der Waals surface area contributed by atoms with E-state index in [0.717, 1.165) is 15.6 Å². The van der Waals surface area contributed by atoms with E-state index in [4.69, 9.17) is 14.0 Å². The lowest BCUT2D eigenvalue weighted by Gasteiger charge is -2.12. The molecular weight excluding hydrogens is 362 g/mol. The van der Waals surface area contributed by atoms with Crippen LogP contribution >= 0.6 is 15.9 Å². The highest BCUT2D eigenvalue weighted by Gasteiger charge is 2.16. The van der Waals surface area contributed by atoms with Gasteiger partial charge in [-0.2, -0.15) is 4.98 Å². The molecule has 0 saturated carbocycles.